The molecular weight excluding hydrogens is 334 g/mol. The molecule has 1 aliphatic rings. The number of fused-ring (bicyclic) bond motifs is 3. The normalized spacial score (nSPS) is 16.0. The lowest BCUT2D eigenvalue weighted by atomic mass is 10.1. The topological polar surface area (TPSA) is 117 Å². The van der Waals surface area contributed by atoms with E-state index in [1.807, 2.05) is 19.1 Å². The van der Waals surface area contributed by atoms with Crippen LogP contribution >= 0.6 is 0 Å². The van der Waals surface area contributed by atoms with Gasteiger partial charge in [0.1, 0.15) is 0 Å². The number of nitrogens with one attached hydrogen (secondary N) is 1. The number of piperazine rings is 1. The summed E-state index contributed by atoms with van der Waals surface area (Å²) >= 11 is 0. The summed E-state index contributed by atoms with van der Waals surface area (Å²) in [7, 11) is 2.12. The first-order valence-corrected chi connectivity index (χ1v) is 8.40. The van der Waals surface area contributed by atoms with Crippen LogP contribution in [0, 0.1) is 6.92 Å². The maximum atomic E-state index is 4.89. The number of anilines is 1. The van der Waals surface area contributed by atoms with Gasteiger partial charge >= 0.3 is 0 Å². The molecule has 0 aliphatic carbocycles. The van der Waals surface area contributed by atoms with Crippen molar-refractivity contribution >= 4 is 22.5 Å². The number of rotatable bonds is 2. The van der Waals surface area contributed by atoms with Gasteiger partial charge in [-0.3, -0.25) is 0 Å². The molecule has 1 aromatic carbocycles. The highest BCUT2D eigenvalue weighted by atomic mass is 15.5. The third-order valence-corrected chi connectivity index (χ3v) is 4.83. The number of aromatic amines is 1. The van der Waals surface area contributed by atoms with Crippen molar-refractivity contribution in [3.05, 3.63) is 17.7 Å². The van der Waals surface area contributed by atoms with Crippen molar-refractivity contribution < 1.29 is 0 Å². The van der Waals surface area contributed by atoms with Gasteiger partial charge in [-0.2, -0.15) is 9.73 Å². The molecule has 5 rings (SSSR count). The molecule has 0 amide bonds. The fourth-order valence-corrected chi connectivity index (χ4v) is 3.34. The van der Waals surface area contributed by atoms with E-state index in [4.69, 9.17) is 4.98 Å². The lowest BCUT2D eigenvalue weighted by Gasteiger charge is -2.33. The molecule has 11 heteroatoms. The van der Waals surface area contributed by atoms with Crippen LogP contribution in [0.15, 0.2) is 12.1 Å². The minimum atomic E-state index is 0.546. The molecule has 4 heterocycles. The second-order valence-electron chi connectivity index (χ2n) is 6.53. The molecule has 1 saturated heterocycles. The Morgan fingerprint density at radius 1 is 1.08 bits per heavy atom. The predicted octanol–water partition coefficient (Wildman–Crippen LogP) is -0.0872. The summed E-state index contributed by atoms with van der Waals surface area (Å²) in [6, 6.07) is 3.97. The second-order valence-corrected chi connectivity index (χ2v) is 6.53. The van der Waals surface area contributed by atoms with Crippen LogP contribution in [-0.2, 0) is 0 Å². The molecule has 11 nitrogen and oxygen atoms in total. The number of tetrazole rings is 2. The zero-order chi connectivity index (χ0) is 17.7. The molecule has 0 bridgehead atoms. The number of hydrogen-bond donors (Lipinski definition) is 1. The van der Waals surface area contributed by atoms with Gasteiger partial charge in [0.25, 0.3) is 0 Å². The number of nitrogens with zero attached hydrogens (tertiary/aromatic N) is 10. The molecule has 1 aliphatic heterocycles. The molecule has 0 unspecified atom stereocenters. The molecule has 1 fully saturated rings. The average Bonchev–Trinajstić information content (AvgIpc) is 3.33. The van der Waals surface area contributed by atoms with Gasteiger partial charge < -0.3 is 9.80 Å². The van der Waals surface area contributed by atoms with Gasteiger partial charge in [-0.15, -0.1) is 15.3 Å². The summed E-state index contributed by atoms with van der Waals surface area (Å²) in [5.74, 6) is 1.35. The summed E-state index contributed by atoms with van der Waals surface area (Å²) in [6.07, 6.45) is 0. The van der Waals surface area contributed by atoms with Gasteiger partial charge in [0.2, 0.25) is 11.5 Å². The van der Waals surface area contributed by atoms with Gasteiger partial charge in [0.05, 0.1) is 11.0 Å². The summed E-state index contributed by atoms with van der Waals surface area (Å²) in [5, 5.41) is 26.6. The van der Waals surface area contributed by atoms with Crippen molar-refractivity contribution in [3.63, 3.8) is 0 Å². The summed E-state index contributed by atoms with van der Waals surface area (Å²) < 4.78 is 1.75. The Morgan fingerprint density at radius 3 is 2.69 bits per heavy atom. The van der Waals surface area contributed by atoms with Crippen LogP contribution in [0.3, 0.4) is 0 Å². The molecule has 4 aromatic rings. The Bertz CT molecular complexity index is 1080. The number of likely N-dealkylation sites (N-methyl/N-ethyl adjacent to an activating group) is 1. The zero-order valence-electron chi connectivity index (χ0n) is 14.5. The molecule has 0 saturated carbocycles. The molecule has 0 atom stereocenters. The van der Waals surface area contributed by atoms with Gasteiger partial charge in [-0.05, 0) is 47.3 Å². The van der Waals surface area contributed by atoms with E-state index in [-0.39, 0.29) is 0 Å². The number of aryl methyl sites for hydroxylation is 1. The minimum Gasteiger partial charge on any atom is -0.351 e. The van der Waals surface area contributed by atoms with E-state index in [0.717, 1.165) is 54.2 Å². The van der Waals surface area contributed by atoms with Gasteiger partial charge in [0, 0.05) is 31.7 Å². The van der Waals surface area contributed by atoms with E-state index in [1.54, 1.807) is 4.52 Å². The van der Waals surface area contributed by atoms with Crippen LogP contribution in [0.2, 0.25) is 0 Å². The third-order valence-electron chi connectivity index (χ3n) is 4.83. The first-order chi connectivity index (χ1) is 12.7. The fraction of sp³-hybridized carbons (Fsp3) is 0.400. The van der Waals surface area contributed by atoms with Crippen LogP contribution < -0.4 is 4.90 Å². The van der Waals surface area contributed by atoms with Crippen molar-refractivity contribution in [1.29, 1.82) is 0 Å². The summed E-state index contributed by atoms with van der Waals surface area (Å²) in [6.45, 7) is 5.74. The minimum absolute atomic E-state index is 0.546. The average molecular weight is 351 g/mol. The van der Waals surface area contributed by atoms with E-state index in [2.05, 4.69) is 53.0 Å². The number of benzene rings is 1. The Labute approximate surface area is 148 Å². The van der Waals surface area contributed by atoms with Crippen molar-refractivity contribution in [2.24, 2.45) is 0 Å². The van der Waals surface area contributed by atoms with Gasteiger partial charge in [-0.25, -0.2) is 4.98 Å². The first kappa shape index (κ1) is 15.1. The van der Waals surface area contributed by atoms with Gasteiger partial charge in [-0.1, -0.05) is 0 Å². The molecule has 26 heavy (non-hydrogen) atoms. The summed E-state index contributed by atoms with van der Waals surface area (Å²) in [4.78, 5) is 9.43. The highest BCUT2D eigenvalue weighted by Crippen LogP contribution is 2.28. The fourth-order valence-electron chi connectivity index (χ4n) is 3.34. The Kier molecular flexibility index (Phi) is 3.28. The van der Waals surface area contributed by atoms with Crippen LogP contribution in [0.5, 0.6) is 0 Å². The summed E-state index contributed by atoms with van der Waals surface area (Å²) in [5.41, 5.74) is 4.21. The monoisotopic (exact) mass is 351 g/mol. The smallest absolute Gasteiger partial charge is 0.222 e. The molecule has 3 aromatic heterocycles. The van der Waals surface area contributed by atoms with Crippen LogP contribution in [0.4, 0.5) is 5.82 Å². The first-order valence-electron chi connectivity index (χ1n) is 8.40. The maximum Gasteiger partial charge on any atom is 0.222 e. The highest BCUT2D eigenvalue weighted by Gasteiger charge is 2.22. The van der Waals surface area contributed by atoms with E-state index in [0.29, 0.717) is 11.5 Å². The Balaban J connectivity index is 1.72. The van der Waals surface area contributed by atoms with Crippen molar-refractivity contribution in [2.45, 2.75) is 6.92 Å². The van der Waals surface area contributed by atoms with E-state index >= 15 is 0 Å². The maximum absolute atomic E-state index is 4.89. The Hall–Kier alpha value is -3.21. The zero-order valence-corrected chi connectivity index (χ0v) is 14.5. The van der Waals surface area contributed by atoms with Crippen LogP contribution in [0.1, 0.15) is 5.56 Å². The van der Waals surface area contributed by atoms with E-state index in [1.165, 1.54) is 0 Å². The van der Waals surface area contributed by atoms with Crippen molar-refractivity contribution in [2.75, 3.05) is 38.1 Å². The molecule has 0 radical (unpaired) electrons. The lowest BCUT2D eigenvalue weighted by Crippen LogP contribution is -2.45. The number of aromatic nitrogens is 9. The van der Waals surface area contributed by atoms with Crippen molar-refractivity contribution in [3.8, 4) is 11.4 Å². The largest absolute Gasteiger partial charge is 0.351 e. The second kappa shape index (κ2) is 5.66. The molecule has 0 spiro atoms. The molecule has 132 valence electrons. The SMILES string of the molecule is Cc1cc2c(cc1-c1nn[nH]n1)nc(N1CCN(C)CC1)c1nnnn12. The quantitative estimate of drug-likeness (QED) is 0.529. The highest BCUT2D eigenvalue weighted by molar-refractivity contribution is 5.87. The lowest BCUT2D eigenvalue weighted by molar-refractivity contribution is 0.312. The molecular formula is C15H17N11. The van der Waals surface area contributed by atoms with Gasteiger partial charge in [0.15, 0.2) is 5.82 Å². The standard InChI is InChI=1S/C15H17N11/c1-9-7-12-11(8-10(9)13-17-20-21-18-13)16-14(15-19-22-23-26(12)15)25-5-3-24(2)4-6-25/h7-8H,3-6H2,1-2H3,(H,17,18,20,21). The molecule has 1 N–H and O–H groups in total. The number of H-pyrrole nitrogens is 1. The van der Waals surface area contributed by atoms with E-state index in [9.17, 15) is 0 Å². The van der Waals surface area contributed by atoms with E-state index < -0.39 is 0 Å². The Morgan fingerprint density at radius 2 is 1.92 bits per heavy atom. The third kappa shape index (κ3) is 2.28. The predicted molar refractivity (Wildman–Crippen MR) is 93.7 cm³/mol. The van der Waals surface area contributed by atoms with Crippen molar-refractivity contribution in [1.82, 2.24) is 50.5 Å². The van der Waals surface area contributed by atoms with Crippen LogP contribution in [0.25, 0.3) is 28.1 Å². The van der Waals surface area contributed by atoms with Crippen LogP contribution in [-0.4, -0.2) is 83.8 Å². The number of hydrogen-bond acceptors (Lipinski definition) is 9.